The Labute approximate surface area is 176 Å². The molecule has 1 atom stereocenters. The highest BCUT2D eigenvalue weighted by molar-refractivity contribution is 7.08. The van der Waals surface area contributed by atoms with Crippen LogP contribution in [-0.4, -0.2) is 41.8 Å². The lowest BCUT2D eigenvalue weighted by molar-refractivity contribution is -0.136. The molecule has 1 aromatic heterocycles. The molecule has 3 rings (SSSR count). The third kappa shape index (κ3) is 5.25. The molecule has 0 saturated carbocycles. The highest BCUT2D eigenvalue weighted by atomic mass is 35.5. The van der Waals surface area contributed by atoms with Gasteiger partial charge in [-0.3, -0.25) is 14.4 Å². The Morgan fingerprint density at radius 3 is 2.61 bits per heavy atom. The van der Waals surface area contributed by atoms with Crippen LogP contribution in [0, 0.1) is 0 Å². The number of thiophene rings is 1. The topological polar surface area (TPSA) is 78.5 Å². The summed E-state index contributed by atoms with van der Waals surface area (Å²) in [6.07, 6.45) is 1.48. The predicted molar refractivity (Wildman–Crippen MR) is 111 cm³/mol. The molecule has 1 saturated heterocycles. The average molecular weight is 440 g/mol. The smallest absolute Gasteiger partial charge is 0.252 e. The molecule has 1 aliphatic heterocycles. The second kappa shape index (κ2) is 9.41. The van der Waals surface area contributed by atoms with Gasteiger partial charge in [0.05, 0.1) is 0 Å². The summed E-state index contributed by atoms with van der Waals surface area (Å²) in [5.41, 5.74) is 1.07. The Hall–Kier alpha value is -2.09. The molecule has 1 unspecified atom stereocenters. The van der Waals surface area contributed by atoms with E-state index in [9.17, 15) is 14.4 Å². The number of amides is 3. The van der Waals surface area contributed by atoms with E-state index in [1.807, 2.05) is 5.38 Å². The first-order valence-electron chi connectivity index (χ1n) is 8.81. The molecular formula is C19H19Cl2N3O3S. The van der Waals surface area contributed by atoms with Gasteiger partial charge in [0.25, 0.3) is 5.91 Å². The normalized spacial score (nSPS) is 16.1. The van der Waals surface area contributed by atoms with E-state index in [2.05, 4.69) is 10.6 Å². The maximum atomic E-state index is 12.6. The van der Waals surface area contributed by atoms with Gasteiger partial charge in [-0.2, -0.15) is 11.3 Å². The van der Waals surface area contributed by atoms with Gasteiger partial charge in [0, 0.05) is 46.2 Å². The van der Waals surface area contributed by atoms with Gasteiger partial charge in [0.15, 0.2) is 0 Å². The number of hydrogen-bond acceptors (Lipinski definition) is 4. The van der Waals surface area contributed by atoms with E-state index in [1.54, 1.807) is 34.5 Å². The van der Waals surface area contributed by atoms with Gasteiger partial charge in [-0.25, -0.2) is 0 Å². The van der Waals surface area contributed by atoms with Crippen molar-refractivity contribution in [1.82, 2.24) is 10.2 Å². The van der Waals surface area contributed by atoms with Crippen molar-refractivity contribution in [2.75, 3.05) is 18.4 Å². The predicted octanol–water partition coefficient (Wildman–Crippen LogP) is 3.80. The van der Waals surface area contributed by atoms with Crippen LogP contribution in [0.3, 0.4) is 0 Å². The van der Waals surface area contributed by atoms with Gasteiger partial charge < -0.3 is 15.5 Å². The van der Waals surface area contributed by atoms with Crippen molar-refractivity contribution in [1.29, 1.82) is 0 Å². The highest BCUT2D eigenvalue weighted by Crippen LogP contribution is 2.24. The Morgan fingerprint density at radius 2 is 1.93 bits per heavy atom. The SMILES string of the molecule is O=C(NCCC(=O)N1CCCC1C(=O)Nc1cc(Cl)cc(Cl)c1)c1ccsc1. The first-order chi connectivity index (χ1) is 13.4. The highest BCUT2D eigenvalue weighted by Gasteiger charge is 2.33. The van der Waals surface area contributed by atoms with Crippen LogP contribution in [0.2, 0.25) is 10.0 Å². The Bertz CT molecular complexity index is 853. The van der Waals surface area contributed by atoms with E-state index in [1.165, 1.54) is 11.3 Å². The molecule has 0 radical (unpaired) electrons. The molecule has 2 N–H and O–H groups in total. The van der Waals surface area contributed by atoms with Gasteiger partial charge in [-0.1, -0.05) is 23.2 Å². The monoisotopic (exact) mass is 439 g/mol. The molecule has 1 aliphatic rings. The number of halogens is 2. The van der Waals surface area contributed by atoms with Gasteiger partial charge in [0.1, 0.15) is 6.04 Å². The molecular weight excluding hydrogens is 421 g/mol. The fourth-order valence-corrected chi connectivity index (χ4v) is 4.27. The van der Waals surface area contributed by atoms with Crippen LogP contribution in [0.4, 0.5) is 5.69 Å². The zero-order valence-electron chi connectivity index (χ0n) is 14.9. The summed E-state index contributed by atoms with van der Waals surface area (Å²) in [4.78, 5) is 38.7. The lowest BCUT2D eigenvalue weighted by Crippen LogP contribution is -2.44. The molecule has 9 heteroatoms. The van der Waals surface area contributed by atoms with E-state index in [4.69, 9.17) is 23.2 Å². The number of carbonyl (C=O) groups is 3. The van der Waals surface area contributed by atoms with E-state index in [0.717, 1.165) is 6.42 Å². The van der Waals surface area contributed by atoms with Crippen LogP contribution in [0.15, 0.2) is 35.0 Å². The van der Waals surface area contributed by atoms with Crippen molar-refractivity contribution < 1.29 is 14.4 Å². The summed E-state index contributed by atoms with van der Waals surface area (Å²) >= 11 is 13.4. The number of benzene rings is 1. The maximum Gasteiger partial charge on any atom is 0.252 e. The number of hydrogen-bond donors (Lipinski definition) is 2. The Balaban J connectivity index is 1.53. The Kier molecular flexibility index (Phi) is 6.93. The number of carbonyl (C=O) groups excluding carboxylic acids is 3. The van der Waals surface area contributed by atoms with Gasteiger partial charge in [0.2, 0.25) is 11.8 Å². The van der Waals surface area contributed by atoms with Crippen molar-refractivity contribution in [2.24, 2.45) is 0 Å². The van der Waals surface area contributed by atoms with E-state index >= 15 is 0 Å². The summed E-state index contributed by atoms with van der Waals surface area (Å²) in [5, 5.41) is 9.91. The lowest BCUT2D eigenvalue weighted by Gasteiger charge is -2.24. The van der Waals surface area contributed by atoms with Crippen LogP contribution in [-0.2, 0) is 9.59 Å². The zero-order valence-corrected chi connectivity index (χ0v) is 17.2. The number of nitrogens with zero attached hydrogens (tertiary/aromatic N) is 1. The second-order valence-electron chi connectivity index (χ2n) is 6.41. The largest absolute Gasteiger partial charge is 0.351 e. The molecule has 1 aromatic carbocycles. The maximum absolute atomic E-state index is 12.6. The van der Waals surface area contributed by atoms with Crippen LogP contribution < -0.4 is 10.6 Å². The third-order valence-electron chi connectivity index (χ3n) is 4.41. The summed E-state index contributed by atoms with van der Waals surface area (Å²) in [6, 6.07) is 5.97. The minimum atomic E-state index is -0.544. The van der Waals surface area contributed by atoms with E-state index in [-0.39, 0.29) is 30.7 Å². The molecule has 0 bridgehead atoms. The molecule has 6 nitrogen and oxygen atoms in total. The van der Waals surface area contributed by atoms with Crippen molar-refractivity contribution in [3.05, 3.63) is 50.6 Å². The third-order valence-corrected chi connectivity index (χ3v) is 5.53. The Morgan fingerprint density at radius 1 is 1.18 bits per heavy atom. The minimum absolute atomic E-state index is 0.142. The fourth-order valence-electron chi connectivity index (χ4n) is 3.11. The van der Waals surface area contributed by atoms with Gasteiger partial charge in [-0.15, -0.1) is 0 Å². The molecule has 1 fully saturated rings. The summed E-state index contributed by atoms with van der Waals surface area (Å²) in [7, 11) is 0. The van der Waals surface area contributed by atoms with Crippen molar-refractivity contribution in [3.8, 4) is 0 Å². The molecule has 148 valence electrons. The summed E-state index contributed by atoms with van der Waals surface area (Å²) in [6.45, 7) is 0.744. The van der Waals surface area contributed by atoms with Gasteiger partial charge >= 0.3 is 0 Å². The van der Waals surface area contributed by atoms with Crippen LogP contribution in [0.25, 0.3) is 0 Å². The number of anilines is 1. The van der Waals surface area contributed by atoms with Crippen LogP contribution in [0.5, 0.6) is 0 Å². The molecule has 2 heterocycles. The lowest BCUT2D eigenvalue weighted by atomic mass is 10.2. The summed E-state index contributed by atoms with van der Waals surface area (Å²) < 4.78 is 0. The van der Waals surface area contributed by atoms with Crippen molar-refractivity contribution in [2.45, 2.75) is 25.3 Å². The number of rotatable bonds is 6. The van der Waals surface area contributed by atoms with Crippen LogP contribution >= 0.6 is 34.5 Å². The average Bonchev–Trinajstić information content (AvgIpc) is 3.32. The standard InChI is InChI=1S/C19H19Cl2N3O3S/c20-13-8-14(21)10-15(9-13)23-19(27)16-2-1-6-24(16)17(25)3-5-22-18(26)12-4-7-28-11-12/h4,7-11,16H,1-3,5-6H2,(H,22,26)(H,23,27). The fraction of sp³-hybridized carbons (Fsp3) is 0.316. The number of nitrogens with one attached hydrogen (secondary N) is 2. The molecule has 0 spiro atoms. The molecule has 2 aromatic rings. The first kappa shape index (κ1) is 20.6. The molecule has 28 heavy (non-hydrogen) atoms. The number of likely N-dealkylation sites (tertiary alicyclic amines) is 1. The zero-order chi connectivity index (χ0) is 20.1. The minimum Gasteiger partial charge on any atom is -0.351 e. The summed E-state index contributed by atoms with van der Waals surface area (Å²) in [5.74, 6) is -0.638. The first-order valence-corrected chi connectivity index (χ1v) is 10.5. The van der Waals surface area contributed by atoms with Crippen molar-refractivity contribution in [3.63, 3.8) is 0 Å². The quantitative estimate of drug-likeness (QED) is 0.717. The van der Waals surface area contributed by atoms with Crippen LogP contribution in [0.1, 0.15) is 29.6 Å². The second-order valence-corrected chi connectivity index (χ2v) is 8.06. The molecule has 3 amide bonds. The van der Waals surface area contributed by atoms with E-state index in [0.29, 0.717) is 34.3 Å². The van der Waals surface area contributed by atoms with Gasteiger partial charge in [-0.05, 0) is 42.5 Å². The molecule has 0 aliphatic carbocycles. The van der Waals surface area contributed by atoms with E-state index < -0.39 is 6.04 Å². The van der Waals surface area contributed by atoms with Crippen molar-refractivity contribution >= 4 is 57.9 Å².